The first-order valence-electron chi connectivity index (χ1n) is 12.6. The van der Waals surface area contributed by atoms with Gasteiger partial charge in [-0.1, -0.05) is 24.3 Å². The van der Waals surface area contributed by atoms with Crippen molar-refractivity contribution in [1.82, 2.24) is 19.7 Å². The van der Waals surface area contributed by atoms with Crippen molar-refractivity contribution in [3.63, 3.8) is 0 Å². The predicted octanol–water partition coefficient (Wildman–Crippen LogP) is 4.03. The van der Waals surface area contributed by atoms with Gasteiger partial charge in [0, 0.05) is 22.7 Å². The zero-order valence-electron chi connectivity index (χ0n) is 22.7. The molecule has 4 N–H and O–H groups in total. The lowest BCUT2D eigenvalue weighted by molar-refractivity contribution is -0.121. The fourth-order valence-electron chi connectivity index (χ4n) is 4.34. The molecule has 41 heavy (non-hydrogen) atoms. The van der Waals surface area contributed by atoms with Crippen molar-refractivity contribution in [3.8, 4) is 22.9 Å². The minimum atomic E-state index is -0.745. The van der Waals surface area contributed by atoms with Gasteiger partial charge in [-0.2, -0.15) is 0 Å². The van der Waals surface area contributed by atoms with Crippen LogP contribution in [0.3, 0.4) is 0 Å². The molecule has 0 atom stereocenters. The number of hydrogen-bond donors (Lipinski definition) is 2. The Hall–Kier alpha value is -4.97. The summed E-state index contributed by atoms with van der Waals surface area (Å²) < 4.78 is 19.1. The number of esters is 1. The number of methoxy groups -OCH3 is 1. The molecule has 210 valence electrons. The molecule has 0 saturated carbocycles. The number of carbonyl (C=O) groups excluding carboxylic acids is 2. The van der Waals surface area contributed by atoms with Crippen LogP contribution in [0.25, 0.3) is 21.5 Å². The Morgan fingerprint density at radius 2 is 1.85 bits per heavy atom. The molecule has 0 radical (unpaired) electrons. The van der Waals surface area contributed by atoms with Crippen LogP contribution in [0.1, 0.15) is 32.9 Å². The molecule has 0 unspecified atom stereocenters. The molecule has 0 aliphatic carbocycles. The Labute approximate surface area is 239 Å². The molecule has 3 heterocycles. The second-order valence-electron chi connectivity index (χ2n) is 9.34. The van der Waals surface area contributed by atoms with Gasteiger partial charge in [0.25, 0.3) is 5.91 Å². The van der Waals surface area contributed by atoms with E-state index in [1.54, 1.807) is 7.11 Å². The molecule has 0 aliphatic rings. The predicted molar refractivity (Wildman–Crippen MR) is 155 cm³/mol. The van der Waals surface area contributed by atoms with E-state index in [0.717, 1.165) is 39.7 Å². The number of rotatable bonds is 10. The summed E-state index contributed by atoms with van der Waals surface area (Å²) in [5, 5.41) is 11.2. The van der Waals surface area contributed by atoms with Crippen LogP contribution in [-0.2, 0) is 22.7 Å². The van der Waals surface area contributed by atoms with E-state index in [9.17, 15) is 9.59 Å². The number of thiophene rings is 1. The van der Waals surface area contributed by atoms with Crippen LogP contribution < -0.4 is 20.9 Å². The topological polar surface area (TPSA) is 157 Å². The summed E-state index contributed by atoms with van der Waals surface area (Å²) in [4.78, 5) is 27.7. The summed E-state index contributed by atoms with van der Waals surface area (Å²) in [6.45, 7) is 4.15. The highest BCUT2D eigenvalue weighted by atomic mass is 32.1. The average Bonchev–Trinajstić information content (AvgIpc) is 3.56. The van der Waals surface area contributed by atoms with Crippen LogP contribution in [0, 0.1) is 13.8 Å². The maximum Gasteiger partial charge on any atom is 0.341 e. The van der Waals surface area contributed by atoms with E-state index in [1.165, 1.54) is 17.5 Å². The largest absolute Gasteiger partial charge is 0.497 e. The summed E-state index contributed by atoms with van der Waals surface area (Å²) in [6, 6.07) is 13.8. The Bertz CT molecular complexity index is 1750. The zero-order chi connectivity index (χ0) is 29.1. The minimum Gasteiger partial charge on any atom is -0.497 e. The van der Waals surface area contributed by atoms with Crippen LogP contribution in [0.15, 0.2) is 54.0 Å². The molecule has 2 aromatic carbocycles. The summed E-state index contributed by atoms with van der Waals surface area (Å²) >= 11 is 1.32. The van der Waals surface area contributed by atoms with Gasteiger partial charge in [-0.05, 0) is 48.6 Å². The lowest BCUT2D eigenvalue weighted by atomic mass is 10.1. The number of amides is 1. The van der Waals surface area contributed by atoms with Crippen LogP contribution >= 0.6 is 11.3 Å². The van der Waals surface area contributed by atoms with E-state index >= 15 is 0 Å². The van der Waals surface area contributed by atoms with Gasteiger partial charge in [0.15, 0.2) is 12.4 Å². The number of fused-ring (bicyclic) bond motifs is 1. The van der Waals surface area contributed by atoms with Gasteiger partial charge in [0.05, 0.1) is 23.9 Å². The highest BCUT2D eigenvalue weighted by Gasteiger charge is 2.20. The first-order chi connectivity index (χ1) is 19.7. The fourth-order valence-corrected chi connectivity index (χ4v) is 5.41. The molecule has 12 heteroatoms. The Morgan fingerprint density at radius 1 is 1.07 bits per heavy atom. The third-order valence-electron chi connectivity index (χ3n) is 6.53. The van der Waals surface area contributed by atoms with Crippen LogP contribution in [0.5, 0.6) is 11.5 Å². The molecule has 5 rings (SSSR count). The number of nitrogens with zero attached hydrogens (tertiary/aromatic N) is 4. The zero-order valence-corrected chi connectivity index (χ0v) is 23.5. The first-order valence-corrected chi connectivity index (χ1v) is 13.5. The third kappa shape index (κ3) is 5.82. The minimum absolute atomic E-state index is 0.188. The third-order valence-corrected chi connectivity index (χ3v) is 7.59. The van der Waals surface area contributed by atoms with Crippen molar-refractivity contribution < 1.29 is 23.8 Å². The van der Waals surface area contributed by atoms with Crippen LogP contribution in [-0.4, -0.2) is 45.3 Å². The van der Waals surface area contributed by atoms with E-state index in [0.29, 0.717) is 22.4 Å². The van der Waals surface area contributed by atoms with Crippen molar-refractivity contribution in [2.75, 3.05) is 19.5 Å². The second-order valence-corrected chi connectivity index (χ2v) is 10.2. The highest BCUT2D eigenvalue weighted by Crippen LogP contribution is 2.34. The average molecular weight is 573 g/mol. The number of ether oxygens (including phenoxy) is 3. The van der Waals surface area contributed by atoms with Crippen molar-refractivity contribution in [2.45, 2.75) is 27.0 Å². The second kappa shape index (κ2) is 11.6. The Morgan fingerprint density at radius 3 is 2.59 bits per heavy atom. The SMILES string of the molecule is COc1ccc(Cn2c(C)nnc2-c2ccc(C)c(OCc3csc4c(C(=O)OCC(N)=O)cnc(N)c34)c2)cc1. The number of primary amides is 1. The molecule has 0 spiro atoms. The van der Waals surface area contributed by atoms with Crippen molar-refractivity contribution in [3.05, 3.63) is 82.1 Å². The molecule has 0 aliphatic heterocycles. The number of nitrogen functional groups attached to an aromatic ring is 1. The standard InChI is InChI=1S/C29H28N6O5S/c1-16-4-7-19(28-34-33-17(2)35(28)12-18-5-8-21(38-3)9-6-18)10-23(16)39-13-20-15-41-26-22(11-32-27(31)25(20)26)29(37)40-14-24(30)36/h4-11,15H,12-14H2,1-3H3,(H2,30,36)(H2,31,32). The lowest BCUT2D eigenvalue weighted by Gasteiger charge is -2.13. The molecule has 11 nitrogen and oxygen atoms in total. The van der Waals surface area contributed by atoms with Gasteiger partial charge in [-0.3, -0.25) is 4.79 Å². The number of pyridine rings is 1. The maximum atomic E-state index is 12.5. The van der Waals surface area contributed by atoms with Crippen LogP contribution in [0.2, 0.25) is 0 Å². The summed E-state index contributed by atoms with van der Waals surface area (Å²) in [6.07, 6.45) is 1.33. The molecule has 0 saturated heterocycles. The Kier molecular flexibility index (Phi) is 7.83. The quantitative estimate of drug-likeness (QED) is 0.236. The van der Waals surface area contributed by atoms with Crippen molar-refractivity contribution in [2.24, 2.45) is 5.73 Å². The highest BCUT2D eigenvalue weighted by molar-refractivity contribution is 7.17. The molecular weight excluding hydrogens is 544 g/mol. The monoisotopic (exact) mass is 572 g/mol. The molecule has 1 amide bonds. The molecular formula is C29H28N6O5S. The van der Waals surface area contributed by atoms with E-state index in [2.05, 4.69) is 15.2 Å². The number of hydrogen-bond acceptors (Lipinski definition) is 10. The number of aryl methyl sites for hydroxylation is 2. The number of anilines is 1. The van der Waals surface area contributed by atoms with E-state index in [1.807, 2.05) is 66.3 Å². The summed E-state index contributed by atoms with van der Waals surface area (Å²) in [7, 11) is 1.64. The van der Waals surface area contributed by atoms with Crippen LogP contribution in [0.4, 0.5) is 5.82 Å². The summed E-state index contributed by atoms with van der Waals surface area (Å²) in [5.41, 5.74) is 15.1. The van der Waals surface area contributed by atoms with E-state index in [-0.39, 0.29) is 18.0 Å². The number of nitrogens with two attached hydrogens (primary N) is 2. The number of aromatic nitrogens is 4. The smallest absolute Gasteiger partial charge is 0.341 e. The molecule has 3 aromatic heterocycles. The van der Waals surface area contributed by atoms with Gasteiger partial charge >= 0.3 is 5.97 Å². The van der Waals surface area contributed by atoms with E-state index < -0.39 is 18.5 Å². The normalized spacial score (nSPS) is 11.0. The summed E-state index contributed by atoms with van der Waals surface area (Å²) in [5.74, 6) is 1.79. The van der Waals surface area contributed by atoms with Gasteiger partial charge in [0.1, 0.15) is 29.7 Å². The fraction of sp³-hybridized carbons (Fsp3) is 0.207. The molecule has 0 bridgehead atoms. The molecule has 0 fully saturated rings. The van der Waals surface area contributed by atoms with Gasteiger partial charge in [0.2, 0.25) is 0 Å². The maximum absolute atomic E-state index is 12.5. The first kappa shape index (κ1) is 27.6. The molecule has 5 aromatic rings. The van der Waals surface area contributed by atoms with Crippen molar-refractivity contribution >= 4 is 39.1 Å². The van der Waals surface area contributed by atoms with Gasteiger partial charge in [-0.25, -0.2) is 9.78 Å². The number of carbonyl (C=O) groups is 2. The lowest BCUT2D eigenvalue weighted by Crippen LogP contribution is -2.21. The number of benzene rings is 2. The van der Waals surface area contributed by atoms with Gasteiger partial charge < -0.3 is 30.2 Å². The van der Waals surface area contributed by atoms with Crippen molar-refractivity contribution in [1.29, 1.82) is 0 Å². The Balaban J connectivity index is 1.39. The van der Waals surface area contributed by atoms with E-state index in [4.69, 9.17) is 25.7 Å². The van der Waals surface area contributed by atoms with Gasteiger partial charge in [-0.15, -0.1) is 21.5 Å².